The first-order valence-electron chi connectivity index (χ1n) is 19.9. The molecule has 0 amide bonds. The maximum atomic E-state index is 2.51. The molecule has 8 aromatic carbocycles. The van der Waals surface area contributed by atoms with E-state index in [0.29, 0.717) is 0 Å². The second-order valence-corrected chi connectivity index (χ2v) is 16.7. The van der Waals surface area contributed by atoms with Crippen molar-refractivity contribution in [3.8, 4) is 27.9 Å². The van der Waals surface area contributed by atoms with Crippen molar-refractivity contribution in [2.45, 2.75) is 31.1 Å². The number of nitrogens with zero attached hydrogens (tertiary/aromatic N) is 2. The van der Waals surface area contributed by atoms with Gasteiger partial charge in [0.25, 0.3) is 0 Å². The van der Waals surface area contributed by atoms with Gasteiger partial charge in [-0.3, -0.25) is 0 Å². The molecule has 1 fully saturated rings. The van der Waals surface area contributed by atoms with Crippen molar-refractivity contribution in [3.63, 3.8) is 0 Å². The molecule has 12 rings (SSSR count). The van der Waals surface area contributed by atoms with Crippen molar-refractivity contribution in [2.24, 2.45) is 0 Å². The summed E-state index contributed by atoms with van der Waals surface area (Å²) in [5.41, 5.74) is 15.6. The van der Waals surface area contributed by atoms with E-state index in [1.54, 1.807) is 0 Å². The lowest BCUT2D eigenvalue weighted by atomic mass is 9.76. The second-order valence-electron chi connectivity index (χ2n) is 15.6. The lowest BCUT2D eigenvalue weighted by molar-refractivity contribution is 0.550. The smallest absolute Gasteiger partial charge is 0.0561 e. The van der Waals surface area contributed by atoms with Gasteiger partial charge < -0.3 is 9.47 Å². The molecular weight excluding hydrogens is 697 g/mol. The number of rotatable bonds is 5. The lowest BCUT2D eigenvalue weighted by Crippen LogP contribution is -2.20. The fourth-order valence-electron chi connectivity index (χ4n) is 10.2. The number of hydrogen-bond acceptors (Lipinski definition) is 2. The van der Waals surface area contributed by atoms with Gasteiger partial charge in [0, 0.05) is 59.1 Å². The fourth-order valence-corrected chi connectivity index (χ4v) is 11.3. The first-order chi connectivity index (χ1) is 27.7. The molecule has 0 aliphatic heterocycles. The molecule has 266 valence electrons. The van der Waals surface area contributed by atoms with Crippen LogP contribution in [-0.2, 0) is 5.41 Å². The fraction of sp³-hybridized carbons (Fsp3) is 0.0943. The molecule has 56 heavy (non-hydrogen) atoms. The van der Waals surface area contributed by atoms with Gasteiger partial charge in [-0.25, -0.2) is 0 Å². The van der Waals surface area contributed by atoms with Gasteiger partial charge in [0.2, 0.25) is 0 Å². The van der Waals surface area contributed by atoms with Gasteiger partial charge in [-0.05, 0) is 119 Å². The maximum Gasteiger partial charge on any atom is 0.0561 e. The molecule has 0 bridgehead atoms. The zero-order valence-corrected chi connectivity index (χ0v) is 31.8. The Morgan fingerprint density at radius 1 is 0.429 bits per heavy atom. The molecule has 0 atom stereocenters. The van der Waals surface area contributed by atoms with E-state index in [9.17, 15) is 0 Å². The average Bonchev–Trinajstić information content (AvgIpc) is 4.04. The summed E-state index contributed by atoms with van der Waals surface area (Å²) in [6.07, 6.45) is 5.08. The number of benzene rings is 8. The summed E-state index contributed by atoms with van der Waals surface area (Å²) in [6.45, 7) is 0. The first kappa shape index (κ1) is 31.9. The van der Waals surface area contributed by atoms with Gasteiger partial charge in [0.15, 0.2) is 0 Å². The predicted molar refractivity (Wildman–Crippen MR) is 238 cm³/mol. The molecule has 2 heterocycles. The summed E-state index contributed by atoms with van der Waals surface area (Å²) >= 11 is 1.87. The number of fused-ring (bicyclic) bond motifs is 11. The Morgan fingerprint density at radius 3 is 1.95 bits per heavy atom. The summed E-state index contributed by atoms with van der Waals surface area (Å²) in [7, 11) is 0. The van der Waals surface area contributed by atoms with E-state index in [4.69, 9.17) is 0 Å². The van der Waals surface area contributed by atoms with Crippen LogP contribution in [0.4, 0.5) is 17.1 Å². The molecule has 2 aromatic heterocycles. The van der Waals surface area contributed by atoms with Crippen LogP contribution in [0.5, 0.6) is 0 Å². The minimum Gasteiger partial charge on any atom is -0.310 e. The normalized spacial score (nSPS) is 14.3. The van der Waals surface area contributed by atoms with Crippen molar-refractivity contribution < 1.29 is 0 Å². The topological polar surface area (TPSA) is 8.17 Å². The van der Waals surface area contributed by atoms with E-state index in [1.165, 1.54) is 101 Å². The van der Waals surface area contributed by atoms with Crippen molar-refractivity contribution in [3.05, 3.63) is 193 Å². The van der Waals surface area contributed by atoms with Crippen LogP contribution in [0.25, 0.3) is 69.9 Å². The third kappa shape index (κ3) is 4.68. The lowest BCUT2D eigenvalue weighted by Gasteiger charge is -2.27. The average molecular weight is 735 g/mol. The highest BCUT2D eigenvalue weighted by Gasteiger charge is 2.44. The quantitative estimate of drug-likeness (QED) is 0.171. The molecule has 1 spiro atoms. The highest BCUT2D eigenvalue weighted by atomic mass is 32.1. The molecule has 1 saturated carbocycles. The molecular formula is C53H38N2S. The van der Waals surface area contributed by atoms with Crippen LogP contribution in [0.1, 0.15) is 36.8 Å². The van der Waals surface area contributed by atoms with Gasteiger partial charge in [-0.1, -0.05) is 122 Å². The molecule has 10 aromatic rings. The summed E-state index contributed by atoms with van der Waals surface area (Å²) in [6, 6.07) is 67.9. The third-order valence-electron chi connectivity index (χ3n) is 12.7. The number of anilines is 3. The van der Waals surface area contributed by atoms with Gasteiger partial charge in [0.05, 0.1) is 11.0 Å². The van der Waals surface area contributed by atoms with E-state index < -0.39 is 0 Å². The monoisotopic (exact) mass is 734 g/mol. The Morgan fingerprint density at radius 2 is 1.07 bits per heavy atom. The molecule has 0 unspecified atom stereocenters. The molecule has 0 saturated heterocycles. The number of aromatic nitrogens is 1. The van der Waals surface area contributed by atoms with E-state index in [-0.39, 0.29) is 5.41 Å². The number of thiophene rings is 1. The van der Waals surface area contributed by atoms with Gasteiger partial charge in [-0.15, -0.1) is 11.3 Å². The number of para-hydroxylation sites is 2. The van der Waals surface area contributed by atoms with Crippen molar-refractivity contribution in [1.82, 2.24) is 4.57 Å². The molecule has 2 aliphatic carbocycles. The second kappa shape index (κ2) is 12.3. The van der Waals surface area contributed by atoms with Crippen molar-refractivity contribution in [1.29, 1.82) is 0 Å². The van der Waals surface area contributed by atoms with E-state index in [1.807, 2.05) is 11.3 Å². The van der Waals surface area contributed by atoms with Crippen LogP contribution in [0.3, 0.4) is 0 Å². The van der Waals surface area contributed by atoms with Crippen LogP contribution >= 0.6 is 11.3 Å². The van der Waals surface area contributed by atoms with Gasteiger partial charge >= 0.3 is 0 Å². The maximum absolute atomic E-state index is 2.51. The largest absolute Gasteiger partial charge is 0.310 e. The Bertz CT molecular complexity index is 3140. The molecule has 0 N–H and O–H groups in total. The van der Waals surface area contributed by atoms with Crippen molar-refractivity contribution in [2.75, 3.05) is 4.90 Å². The van der Waals surface area contributed by atoms with Crippen LogP contribution in [0.2, 0.25) is 0 Å². The Labute approximate surface area is 330 Å². The Balaban J connectivity index is 1.02. The summed E-state index contributed by atoms with van der Waals surface area (Å²) in [5, 5.41) is 5.12. The van der Waals surface area contributed by atoms with Crippen LogP contribution in [-0.4, -0.2) is 4.57 Å². The molecule has 2 aliphatic rings. The molecule has 3 heteroatoms. The minimum atomic E-state index is 0.157. The zero-order chi connectivity index (χ0) is 36.8. The van der Waals surface area contributed by atoms with Gasteiger partial charge in [0.1, 0.15) is 0 Å². The summed E-state index contributed by atoms with van der Waals surface area (Å²) in [4.78, 5) is 2.44. The SMILES string of the molecule is c1ccc(-n2c3ccccc3c3ccc(N(c4ccc(-c5ccc6c(c5)C5(CCCC5)c5ccccc5-6)cc4)c4ccc5sc6ccccc6c5c4)cc32)cc1. The third-order valence-corrected chi connectivity index (χ3v) is 13.9. The Kier molecular flexibility index (Phi) is 7.00. The van der Waals surface area contributed by atoms with E-state index in [0.717, 1.165) is 22.7 Å². The van der Waals surface area contributed by atoms with E-state index in [2.05, 4.69) is 191 Å². The Hall–Kier alpha value is -6.42. The minimum absolute atomic E-state index is 0.157. The van der Waals surface area contributed by atoms with Crippen LogP contribution < -0.4 is 4.90 Å². The summed E-state index contributed by atoms with van der Waals surface area (Å²) in [5.74, 6) is 0. The first-order valence-corrected chi connectivity index (χ1v) is 20.7. The van der Waals surface area contributed by atoms with Gasteiger partial charge in [-0.2, -0.15) is 0 Å². The summed E-state index contributed by atoms with van der Waals surface area (Å²) < 4.78 is 5.04. The van der Waals surface area contributed by atoms with Crippen LogP contribution in [0, 0.1) is 0 Å². The van der Waals surface area contributed by atoms with E-state index >= 15 is 0 Å². The highest BCUT2D eigenvalue weighted by Crippen LogP contribution is 2.57. The standard InChI is InChI=1S/C53H38N2S/c1-2-12-37(13-3-1)55-49-18-8-5-15-43(49)44-28-25-40(34-50(44)55)54(39-26-29-52-46(33-39)45-16-6-9-19-51(45)56-52)38-23-20-35(21-24-38)36-22-27-42-41-14-4-7-17-47(41)53(48(42)32-36)30-10-11-31-53/h1-9,12-29,32-34H,10-11,30-31H2. The van der Waals surface area contributed by atoms with Crippen molar-refractivity contribution >= 4 is 70.4 Å². The molecule has 0 radical (unpaired) electrons. The molecule has 2 nitrogen and oxygen atoms in total. The zero-order valence-electron chi connectivity index (χ0n) is 31.0. The number of hydrogen-bond donors (Lipinski definition) is 0. The predicted octanol–water partition coefficient (Wildman–Crippen LogP) is 15.1. The van der Waals surface area contributed by atoms with Crippen LogP contribution in [0.15, 0.2) is 182 Å². The highest BCUT2D eigenvalue weighted by molar-refractivity contribution is 7.25.